The van der Waals surface area contributed by atoms with Crippen molar-refractivity contribution in [2.24, 2.45) is 0 Å². The van der Waals surface area contributed by atoms with Gasteiger partial charge in [-0.3, -0.25) is 0 Å². The predicted molar refractivity (Wildman–Crippen MR) is 45.3 cm³/mol. The SMILES string of the molecule is C1C[CH2][Al+][CH2]C1.O.O=[S-](=O)O.[H-].[Na+]. The molecule has 0 saturated carbocycles. The van der Waals surface area contributed by atoms with Gasteiger partial charge < -0.3 is 19.9 Å². The van der Waals surface area contributed by atoms with Crippen LogP contribution in [0.1, 0.15) is 20.7 Å². The van der Waals surface area contributed by atoms with Crippen molar-refractivity contribution in [3.8, 4) is 0 Å². The van der Waals surface area contributed by atoms with Crippen LogP contribution in [-0.2, 0) is 19.4 Å². The Bertz CT molecular complexity index is 123. The van der Waals surface area contributed by atoms with E-state index >= 15 is 0 Å². The maximum atomic E-state index is 8.56. The monoisotopic (exact) mass is 220 g/mol. The average Bonchev–Trinajstić information content (AvgIpc) is 1.90. The minimum atomic E-state index is -2.86. The van der Waals surface area contributed by atoms with Crippen molar-refractivity contribution >= 4 is 26.2 Å². The van der Waals surface area contributed by atoms with Crippen molar-refractivity contribution in [2.45, 2.75) is 29.8 Å². The third-order valence-electron chi connectivity index (χ3n) is 1.32. The quantitative estimate of drug-likeness (QED) is 0.217. The fraction of sp³-hybridized carbons (Fsp3) is 1.00. The van der Waals surface area contributed by atoms with Gasteiger partial charge in [-0.15, -0.1) is 0 Å². The Kier molecular flexibility index (Phi) is 23.7. The van der Waals surface area contributed by atoms with Gasteiger partial charge in [0.1, 0.15) is 0 Å². The second-order valence-corrected chi connectivity index (χ2v) is 4.31. The van der Waals surface area contributed by atoms with Crippen LogP contribution in [0.3, 0.4) is 0 Å². The Hall–Kier alpha value is 1.40. The Balaban J connectivity index is -0.0000000536. The summed E-state index contributed by atoms with van der Waals surface area (Å²) in [7, 11) is -2.86. The van der Waals surface area contributed by atoms with E-state index in [0.717, 1.165) is 15.2 Å². The van der Waals surface area contributed by atoms with E-state index in [2.05, 4.69) is 0 Å². The third-order valence-corrected chi connectivity index (χ3v) is 2.95. The molecule has 0 unspecified atom stereocenters. The van der Waals surface area contributed by atoms with Crippen LogP contribution in [0, 0.1) is 0 Å². The molecule has 68 valence electrons. The first-order valence-electron chi connectivity index (χ1n) is 3.33. The second kappa shape index (κ2) is 14.9. The van der Waals surface area contributed by atoms with Crippen LogP contribution >= 0.6 is 0 Å². The minimum Gasteiger partial charge on any atom is -1.00 e. The Labute approximate surface area is 105 Å². The van der Waals surface area contributed by atoms with Gasteiger partial charge in [0, 0.05) is 11.0 Å². The molecule has 0 atom stereocenters. The first kappa shape index (κ1) is 19.1. The summed E-state index contributed by atoms with van der Waals surface area (Å²) in [5.74, 6) is 0. The Morgan fingerprint density at radius 3 is 1.58 bits per heavy atom. The largest absolute Gasteiger partial charge is 1.00 e. The zero-order valence-corrected chi connectivity index (χ0v) is 11.3. The molecule has 4 nitrogen and oxygen atoms in total. The molecule has 1 aliphatic heterocycles. The van der Waals surface area contributed by atoms with Crippen LogP contribution in [0.2, 0.25) is 10.6 Å². The van der Waals surface area contributed by atoms with Crippen molar-refractivity contribution in [3.63, 3.8) is 0 Å². The first-order chi connectivity index (χ1) is 4.73. The summed E-state index contributed by atoms with van der Waals surface area (Å²) in [6, 6.07) is 0. The summed E-state index contributed by atoms with van der Waals surface area (Å²) in [6.07, 6.45) is 4.59. The van der Waals surface area contributed by atoms with Crippen LogP contribution in [0.5, 0.6) is 0 Å². The minimum absolute atomic E-state index is 0. The van der Waals surface area contributed by atoms with Gasteiger partial charge in [0.05, 0.1) is 0 Å². The Morgan fingerprint density at radius 2 is 1.50 bits per heavy atom. The molecule has 0 amide bonds. The van der Waals surface area contributed by atoms with Crippen molar-refractivity contribution in [3.05, 3.63) is 0 Å². The molecule has 0 aromatic heterocycles. The molecular formula is C5H14AlNaO4S. The number of rotatable bonds is 0. The van der Waals surface area contributed by atoms with Gasteiger partial charge in [-0.2, -0.15) is 0 Å². The maximum absolute atomic E-state index is 8.56. The number of hydrogen-bond acceptors (Lipinski definition) is 3. The second-order valence-electron chi connectivity index (χ2n) is 2.14. The van der Waals surface area contributed by atoms with E-state index in [1.54, 1.807) is 10.6 Å². The van der Waals surface area contributed by atoms with Crippen LogP contribution in [0.15, 0.2) is 0 Å². The van der Waals surface area contributed by atoms with Crippen LogP contribution in [0.4, 0.5) is 0 Å². The fourth-order valence-corrected chi connectivity index (χ4v) is 2.34. The molecule has 1 aliphatic rings. The molecule has 12 heavy (non-hydrogen) atoms. The molecule has 0 aliphatic carbocycles. The van der Waals surface area contributed by atoms with E-state index in [0.29, 0.717) is 0 Å². The smallest absolute Gasteiger partial charge is 1.00 e. The topological polar surface area (TPSA) is 85.9 Å². The van der Waals surface area contributed by atoms with Gasteiger partial charge in [0.2, 0.25) is 0 Å². The van der Waals surface area contributed by atoms with Crippen molar-refractivity contribution in [2.75, 3.05) is 0 Å². The number of hydrogen-bond donors (Lipinski definition) is 1. The normalized spacial score (nSPS) is 13.5. The van der Waals surface area contributed by atoms with Gasteiger partial charge in [0.15, 0.2) is 0 Å². The third kappa shape index (κ3) is 22.5. The van der Waals surface area contributed by atoms with Crippen LogP contribution < -0.4 is 29.6 Å². The summed E-state index contributed by atoms with van der Waals surface area (Å²) in [5.41, 5.74) is 0. The molecule has 1 fully saturated rings. The van der Waals surface area contributed by atoms with Gasteiger partial charge >= 0.3 is 74.6 Å². The summed E-state index contributed by atoms with van der Waals surface area (Å²) in [6.45, 7) is 0. The van der Waals surface area contributed by atoms with E-state index < -0.39 is 11.0 Å². The van der Waals surface area contributed by atoms with Gasteiger partial charge in [0.25, 0.3) is 0 Å². The molecule has 0 bridgehead atoms. The molecule has 1 heterocycles. The van der Waals surface area contributed by atoms with E-state index in [-0.39, 0.29) is 36.5 Å². The van der Waals surface area contributed by atoms with Crippen LogP contribution in [0.25, 0.3) is 0 Å². The van der Waals surface area contributed by atoms with E-state index in [9.17, 15) is 0 Å². The van der Waals surface area contributed by atoms with Gasteiger partial charge in [-0.05, 0) is 0 Å². The molecule has 0 aromatic carbocycles. The summed E-state index contributed by atoms with van der Waals surface area (Å²) < 4.78 is 24.1. The molecule has 1 saturated heterocycles. The summed E-state index contributed by atoms with van der Waals surface area (Å²) in [4.78, 5) is 0. The Morgan fingerprint density at radius 1 is 1.17 bits per heavy atom. The van der Waals surface area contributed by atoms with E-state index in [4.69, 9.17) is 13.0 Å². The van der Waals surface area contributed by atoms with E-state index in [1.165, 1.54) is 19.3 Å². The predicted octanol–water partition coefficient (Wildman–Crippen LogP) is -2.23. The molecule has 7 heteroatoms. The van der Waals surface area contributed by atoms with Gasteiger partial charge in [-0.1, -0.05) is 0 Å². The summed E-state index contributed by atoms with van der Waals surface area (Å²) in [5, 5.41) is 3.17. The van der Waals surface area contributed by atoms with Crippen LogP contribution in [-0.4, -0.2) is 25.2 Å². The molecule has 0 spiro atoms. The zero-order chi connectivity index (χ0) is 7.82. The molecule has 3 N–H and O–H groups in total. The van der Waals surface area contributed by atoms with Crippen molar-refractivity contribution < 1.29 is 49.4 Å². The molecule has 1 rings (SSSR count). The fourth-order valence-electron chi connectivity index (χ4n) is 0.898. The standard InChI is InChI=1S/C5H10.Al.Na.HO3S.H2O.H/c1-3-5-4-2;;;1-4(2)3;;/h1-5H2;;;(H,1,2,3);1H2;/q;2*+1;-1;;-1. The molecule has 0 radical (unpaired) electrons. The zero-order valence-electron chi connectivity index (χ0n) is 8.28. The summed E-state index contributed by atoms with van der Waals surface area (Å²) >= 11 is 0.905. The average molecular weight is 220 g/mol. The maximum Gasteiger partial charge on any atom is 1.00 e. The van der Waals surface area contributed by atoms with Crippen molar-refractivity contribution in [1.82, 2.24) is 0 Å². The van der Waals surface area contributed by atoms with E-state index in [1.807, 2.05) is 0 Å². The molecule has 0 aromatic rings. The first-order valence-corrected chi connectivity index (χ1v) is 6.00. The van der Waals surface area contributed by atoms with Gasteiger partial charge in [-0.25, -0.2) is 0 Å². The van der Waals surface area contributed by atoms with Crippen molar-refractivity contribution in [1.29, 1.82) is 0 Å². The molecular weight excluding hydrogens is 206 g/mol.